The van der Waals surface area contributed by atoms with E-state index in [4.69, 9.17) is 4.74 Å². The highest BCUT2D eigenvalue weighted by Crippen LogP contribution is 2.43. The smallest absolute Gasteiger partial charge is 0.296 e. The number of carbonyl (C=O) groups is 2. The molecule has 148 valence electrons. The van der Waals surface area contributed by atoms with E-state index < -0.39 is 17.7 Å². The minimum Gasteiger partial charge on any atom is -0.503 e. The maximum Gasteiger partial charge on any atom is 0.296 e. The molecule has 1 aliphatic heterocycles. The number of amides is 1. The Labute approximate surface area is 174 Å². The first-order chi connectivity index (χ1) is 14.0. The number of hydrogen-bond acceptors (Lipinski definition) is 8. The summed E-state index contributed by atoms with van der Waals surface area (Å²) >= 11 is 2.48. The number of aliphatic hydroxyl groups excluding tert-OH is 1. The molecule has 2 aromatic heterocycles. The van der Waals surface area contributed by atoms with Crippen LogP contribution in [0.1, 0.15) is 33.2 Å². The second kappa shape index (κ2) is 7.76. The summed E-state index contributed by atoms with van der Waals surface area (Å²) < 4.78 is 5.58. The van der Waals surface area contributed by atoms with Gasteiger partial charge in [0.1, 0.15) is 10.8 Å². The maximum atomic E-state index is 13.2. The highest BCUT2D eigenvalue weighted by molar-refractivity contribution is 7.15. The average Bonchev–Trinajstić information content (AvgIpc) is 3.43. The number of anilines is 1. The third-order valence-electron chi connectivity index (χ3n) is 4.40. The van der Waals surface area contributed by atoms with Crippen molar-refractivity contribution in [1.82, 2.24) is 10.2 Å². The van der Waals surface area contributed by atoms with Gasteiger partial charge < -0.3 is 9.84 Å². The summed E-state index contributed by atoms with van der Waals surface area (Å²) in [4.78, 5) is 27.9. The number of aliphatic hydroxyl groups is 1. The Morgan fingerprint density at radius 3 is 2.76 bits per heavy atom. The van der Waals surface area contributed by atoms with E-state index in [0.29, 0.717) is 32.9 Å². The normalized spacial score (nSPS) is 16.6. The predicted molar refractivity (Wildman–Crippen MR) is 111 cm³/mol. The molecule has 4 rings (SSSR count). The molecule has 0 saturated carbocycles. The molecule has 9 heteroatoms. The average molecular weight is 428 g/mol. The van der Waals surface area contributed by atoms with Crippen LogP contribution >= 0.6 is 22.7 Å². The monoisotopic (exact) mass is 427 g/mol. The van der Waals surface area contributed by atoms with Crippen LogP contribution in [-0.2, 0) is 4.79 Å². The number of hydrogen-bond donors (Lipinski definition) is 1. The van der Waals surface area contributed by atoms with E-state index in [1.807, 2.05) is 6.92 Å². The van der Waals surface area contributed by atoms with Crippen LogP contribution in [0, 0.1) is 6.92 Å². The van der Waals surface area contributed by atoms with Gasteiger partial charge in [-0.25, -0.2) is 0 Å². The van der Waals surface area contributed by atoms with E-state index in [9.17, 15) is 14.7 Å². The summed E-state index contributed by atoms with van der Waals surface area (Å²) in [5.74, 6) is -1.02. The summed E-state index contributed by atoms with van der Waals surface area (Å²) in [7, 11) is 0. The number of benzene rings is 1. The Morgan fingerprint density at radius 1 is 1.28 bits per heavy atom. The van der Waals surface area contributed by atoms with Gasteiger partial charge in [-0.05, 0) is 43.0 Å². The summed E-state index contributed by atoms with van der Waals surface area (Å²) in [5.41, 5.74) is 0.667. The Hall–Kier alpha value is -3.04. The lowest BCUT2D eigenvalue weighted by atomic mass is 9.95. The summed E-state index contributed by atoms with van der Waals surface area (Å²) in [6.45, 7) is 4.13. The van der Waals surface area contributed by atoms with Gasteiger partial charge in [0, 0.05) is 0 Å². The minimum atomic E-state index is -0.829. The van der Waals surface area contributed by atoms with E-state index in [0.717, 1.165) is 0 Å². The number of Topliss-reactive ketones (excluding diaryl/α,β-unsaturated/α-hetero) is 1. The zero-order chi connectivity index (χ0) is 20.5. The van der Waals surface area contributed by atoms with Gasteiger partial charge in [-0.15, -0.1) is 21.5 Å². The number of rotatable bonds is 6. The number of ketones is 1. The number of aromatic nitrogens is 2. The predicted octanol–water partition coefficient (Wildman–Crippen LogP) is 4.09. The van der Waals surface area contributed by atoms with Crippen molar-refractivity contribution in [2.24, 2.45) is 0 Å². The number of aryl methyl sites for hydroxylation is 1. The Bertz CT molecular complexity index is 1100. The van der Waals surface area contributed by atoms with Crippen molar-refractivity contribution in [3.63, 3.8) is 0 Å². The van der Waals surface area contributed by atoms with Gasteiger partial charge in [-0.1, -0.05) is 29.5 Å². The molecule has 1 unspecified atom stereocenters. The van der Waals surface area contributed by atoms with Crippen molar-refractivity contribution >= 4 is 39.5 Å². The van der Waals surface area contributed by atoms with Crippen molar-refractivity contribution in [1.29, 1.82) is 0 Å². The van der Waals surface area contributed by atoms with Crippen molar-refractivity contribution in [3.8, 4) is 5.75 Å². The quantitative estimate of drug-likeness (QED) is 0.596. The highest BCUT2D eigenvalue weighted by Gasteiger charge is 2.46. The Balaban J connectivity index is 1.87. The summed E-state index contributed by atoms with van der Waals surface area (Å²) in [6.07, 6.45) is 0. The van der Waals surface area contributed by atoms with Crippen LogP contribution in [0.4, 0.5) is 5.13 Å². The Morgan fingerprint density at radius 2 is 2.10 bits per heavy atom. The zero-order valence-electron chi connectivity index (χ0n) is 15.7. The number of nitrogens with zero attached hydrogens (tertiary/aromatic N) is 3. The number of thiophene rings is 1. The zero-order valence-corrected chi connectivity index (χ0v) is 17.3. The van der Waals surface area contributed by atoms with Gasteiger partial charge in [0.15, 0.2) is 5.76 Å². The van der Waals surface area contributed by atoms with Crippen molar-refractivity contribution in [2.45, 2.75) is 19.9 Å². The van der Waals surface area contributed by atoms with Crippen LogP contribution < -0.4 is 9.64 Å². The first kappa shape index (κ1) is 19.3. The molecule has 3 heterocycles. The van der Waals surface area contributed by atoms with E-state index in [1.165, 1.54) is 27.6 Å². The van der Waals surface area contributed by atoms with Crippen molar-refractivity contribution in [3.05, 3.63) is 68.6 Å². The molecule has 1 amide bonds. The Kier molecular flexibility index (Phi) is 5.16. The van der Waals surface area contributed by atoms with Crippen LogP contribution in [0.15, 0.2) is 53.1 Å². The first-order valence-electron chi connectivity index (χ1n) is 8.89. The second-order valence-electron chi connectivity index (χ2n) is 6.26. The fourth-order valence-electron chi connectivity index (χ4n) is 3.21. The van der Waals surface area contributed by atoms with Gasteiger partial charge in [-0.2, -0.15) is 0 Å². The number of ether oxygens (including phenoxy) is 1. The molecular weight excluding hydrogens is 410 g/mol. The third-order valence-corrected chi connectivity index (χ3v) is 6.11. The molecule has 3 aromatic rings. The molecule has 1 N–H and O–H groups in total. The molecule has 0 bridgehead atoms. The molecule has 1 aliphatic rings. The molecule has 0 saturated heterocycles. The van der Waals surface area contributed by atoms with Crippen LogP contribution in [0.25, 0.3) is 0 Å². The fourth-order valence-corrected chi connectivity index (χ4v) is 4.61. The molecule has 7 nitrogen and oxygen atoms in total. The topological polar surface area (TPSA) is 92.6 Å². The fraction of sp³-hybridized carbons (Fsp3) is 0.200. The van der Waals surface area contributed by atoms with E-state index in [-0.39, 0.29) is 11.4 Å². The highest BCUT2D eigenvalue weighted by atomic mass is 32.1. The largest absolute Gasteiger partial charge is 0.503 e. The van der Waals surface area contributed by atoms with E-state index in [1.54, 1.807) is 48.7 Å². The van der Waals surface area contributed by atoms with Gasteiger partial charge in [0.2, 0.25) is 10.9 Å². The van der Waals surface area contributed by atoms with Crippen molar-refractivity contribution < 1.29 is 19.4 Å². The van der Waals surface area contributed by atoms with Crippen LogP contribution in [0.2, 0.25) is 0 Å². The maximum absolute atomic E-state index is 13.2. The first-order valence-corrected chi connectivity index (χ1v) is 10.6. The number of carbonyl (C=O) groups excluding carboxylic acids is 2. The lowest BCUT2D eigenvalue weighted by Gasteiger charge is -2.24. The molecule has 0 spiro atoms. The van der Waals surface area contributed by atoms with Crippen LogP contribution in [-0.4, -0.2) is 33.6 Å². The van der Waals surface area contributed by atoms with Gasteiger partial charge in [-0.3, -0.25) is 14.5 Å². The van der Waals surface area contributed by atoms with Crippen molar-refractivity contribution in [2.75, 3.05) is 11.5 Å². The lowest BCUT2D eigenvalue weighted by molar-refractivity contribution is -0.117. The minimum absolute atomic E-state index is 0.0268. The van der Waals surface area contributed by atoms with Crippen LogP contribution in [0.3, 0.4) is 0 Å². The molecule has 29 heavy (non-hydrogen) atoms. The molecule has 1 aromatic carbocycles. The van der Waals surface area contributed by atoms with Crippen LogP contribution in [0.5, 0.6) is 5.75 Å². The van der Waals surface area contributed by atoms with E-state index >= 15 is 0 Å². The standard InChI is InChI=1S/C20H17N3O4S2/c1-3-27-13-7-4-6-12(10-13)16-15(17(24)14-8-5-9-28-14)18(25)19(26)23(16)20-22-21-11(2)29-20/h4-10,16,25H,3H2,1-2H3. The van der Waals surface area contributed by atoms with E-state index in [2.05, 4.69) is 10.2 Å². The molecule has 1 atom stereocenters. The lowest BCUT2D eigenvalue weighted by Crippen LogP contribution is -2.31. The van der Waals surface area contributed by atoms with Gasteiger partial charge in [0.25, 0.3) is 5.91 Å². The second-order valence-corrected chi connectivity index (χ2v) is 8.36. The van der Waals surface area contributed by atoms with Gasteiger partial charge in [0.05, 0.1) is 23.1 Å². The van der Waals surface area contributed by atoms with Gasteiger partial charge >= 0.3 is 0 Å². The third kappa shape index (κ3) is 3.43. The summed E-state index contributed by atoms with van der Waals surface area (Å²) in [5, 5.41) is 21.5. The molecule has 0 aliphatic carbocycles. The molecule has 0 radical (unpaired) electrons. The SMILES string of the molecule is CCOc1cccc(C2C(C(=O)c3cccs3)=C(O)C(=O)N2c2nnc(C)s2)c1. The summed E-state index contributed by atoms with van der Waals surface area (Å²) in [6, 6.07) is 9.74. The molecule has 0 fully saturated rings. The molecular formula is C20H17N3O4S2.